The van der Waals surface area contributed by atoms with E-state index in [1.165, 1.54) is 0 Å². The highest BCUT2D eigenvalue weighted by Gasteiger charge is 2.49. The van der Waals surface area contributed by atoms with E-state index in [-0.39, 0.29) is 0 Å². The van der Waals surface area contributed by atoms with E-state index in [2.05, 4.69) is 4.18 Å². The number of nitrogens with zero attached hydrogens (tertiary/aromatic N) is 1. The fourth-order valence-electron chi connectivity index (χ4n) is 2.25. The van der Waals surface area contributed by atoms with Crippen LogP contribution in [0.3, 0.4) is 0 Å². The minimum Gasteiger partial charge on any atom is -0.444 e. The third kappa shape index (κ3) is 4.69. The quantitative estimate of drug-likeness (QED) is 0.578. The molecule has 0 saturated carbocycles. The molecule has 0 saturated heterocycles. The number of hydrogen-bond acceptors (Lipinski definition) is 5. The number of amides is 1. The summed E-state index contributed by atoms with van der Waals surface area (Å²) >= 11 is 0. The van der Waals surface area contributed by atoms with Gasteiger partial charge in [-0.15, -0.1) is 0 Å². The lowest BCUT2D eigenvalue weighted by atomic mass is 10.1. The van der Waals surface area contributed by atoms with Crippen molar-refractivity contribution < 1.29 is 35.3 Å². The molecular weight excluding hydrogens is 375 g/mol. The van der Waals surface area contributed by atoms with E-state index in [4.69, 9.17) is 4.74 Å². The summed E-state index contributed by atoms with van der Waals surface area (Å²) in [5.74, 6) is -0.498. The summed E-state index contributed by atoms with van der Waals surface area (Å²) in [5.41, 5.74) is -5.82. The van der Waals surface area contributed by atoms with Crippen LogP contribution in [-0.4, -0.2) is 37.1 Å². The maximum Gasteiger partial charge on any atom is 0.534 e. The van der Waals surface area contributed by atoms with Crippen LogP contribution in [0, 0.1) is 0 Å². The molecule has 1 amide bonds. The predicted octanol–water partition coefficient (Wildman–Crippen LogP) is 3.73. The second-order valence-electron chi connectivity index (χ2n) is 6.58. The van der Waals surface area contributed by atoms with E-state index < -0.39 is 45.7 Å². The van der Waals surface area contributed by atoms with Crippen LogP contribution >= 0.6 is 0 Å². The minimum atomic E-state index is -5.82. The van der Waals surface area contributed by atoms with Gasteiger partial charge in [0.2, 0.25) is 0 Å². The normalized spacial score (nSPS) is 18.5. The molecule has 1 aliphatic rings. The Morgan fingerprint density at radius 1 is 1.15 bits per heavy atom. The number of carbonyl (C=O) groups is 1. The molecule has 0 aliphatic carbocycles. The van der Waals surface area contributed by atoms with Crippen LogP contribution in [0.15, 0.2) is 42.2 Å². The molecule has 0 N–H and O–H groups in total. The first-order valence-electron chi connectivity index (χ1n) is 7.56. The van der Waals surface area contributed by atoms with Crippen LogP contribution in [0.1, 0.15) is 32.4 Å². The Bertz CT molecular complexity index is 797. The van der Waals surface area contributed by atoms with Crippen molar-refractivity contribution in [3.8, 4) is 0 Å². The van der Waals surface area contributed by atoms with Crippen LogP contribution in [-0.2, 0) is 19.0 Å². The van der Waals surface area contributed by atoms with Gasteiger partial charge in [0.05, 0.1) is 12.6 Å². The summed E-state index contributed by atoms with van der Waals surface area (Å²) < 4.78 is 69.5. The molecule has 144 valence electrons. The second-order valence-corrected chi connectivity index (χ2v) is 8.12. The molecule has 1 aromatic rings. The predicted molar refractivity (Wildman–Crippen MR) is 86.3 cm³/mol. The molecular formula is C16H18F3NO5S. The van der Waals surface area contributed by atoms with Gasteiger partial charge in [0, 0.05) is 0 Å². The summed E-state index contributed by atoms with van der Waals surface area (Å²) in [7, 11) is -5.82. The molecule has 6 nitrogen and oxygen atoms in total. The maximum absolute atomic E-state index is 12.5. The van der Waals surface area contributed by atoms with Crippen LogP contribution in [0.5, 0.6) is 0 Å². The highest BCUT2D eigenvalue weighted by Crippen LogP contribution is 2.35. The molecule has 2 rings (SSSR count). The molecule has 1 unspecified atom stereocenters. The van der Waals surface area contributed by atoms with Crippen molar-refractivity contribution in [1.82, 2.24) is 4.90 Å². The van der Waals surface area contributed by atoms with E-state index >= 15 is 0 Å². The molecule has 1 aliphatic heterocycles. The lowest BCUT2D eigenvalue weighted by molar-refractivity contribution is -0.0523. The number of rotatable bonds is 3. The van der Waals surface area contributed by atoms with Gasteiger partial charge in [-0.3, -0.25) is 4.90 Å². The van der Waals surface area contributed by atoms with Gasteiger partial charge >= 0.3 is 21.7 Å². The molecule has 10 heteroatoms. The largest absolute Gasteiger partial charge is 0.534 e. The first kappa shape index (κ1) is 20.1. The van der Waals surface area contributed by atoms with Gasteiger partial charge in [-0.2, -0.15) is 21.6 Å². The van der Waals surface area contributed by atoms with Gasteiger partial charge in [0.25, 0.3) is 0 Å². The number of carbonyl (C=O) groups excluding carboxylic acids is 1. The van der Waals surface area contributed by atoms with Crippen molar-refractivity contribution in [3.63, 3.8) is 0 Å². The van der Waals surface area contributed by atoms with E-state index in [1.54, 1.807) is 51.1 Å². The fraction of sp³-hybridized carbons (Fsp3) is 0.438. The van der Waals surface area contributed by atoms with Crippen molar-refractivity contribution in [2.75, 3.05) is 6.54 Å². The van der Waals surface area contributed by atoms with Gasteiger partial charge in [-0.25, -0.2) is 4.79 Å². The van der Waals surface area contributed by atoms with Gasteiger partial charge < -0.3 is 8.92 Å². The molecule has 1 atom stereocenters. The highest BCUT2D eigenvalue weighted by atomic mass is 32.2. The zero-order valence-corrected chi connectivity index (χ0v) is 15.1. The molecule has 1 aromatic carbocycles. The molecule has 0 bridgehead atoms. The Kier molecular flexibility index (Phi) is 5.27. The third-order valence-corrected chi connectivity index (χ3v) is 4.28. The van der Waals surface area contributed by atoms with Gasteiger partial charge in [-0.05, 0) is 32.4 Å². The molecule has 0 radical (unpaired) electrons. The zero-order chi connectivity index (χ0) is 19.8. The number of halogens is 3. The first-order chi connectivity index (χ1) is 11.8. The van der Waals surface area contributed by atoms with Crippen LogP contribution < -0.4 is 0 Å². The number of hydrogen-bond donors (Lipinski definition) is 0. The smallest absolute Gasteiger partial charge is 0.444 e. The highest BCUT2D eigenvalue weighted by molar-refractivity contribution is 7.87. The Morgan fingerprint density at radius 3 is 2.23 bits per heavy atom. The lowest BCUT2D eigenvalue weighted by Gasteiger charge is -2.28. The average molecular weight is 393 g/mol. The van der Waals surface area contributed by atoms with Crippen LogP contribution in [0.2, 0.25) is 0 Å². The van der Waals surface area contributed by atoms with Crippen molar-refractivity contribution in [3.05, 3.63) is 47.7 Å². The van der Waals surface area contributed by atoms with E-state index in [1.807, 2.05) is 0 Å². The second kappa shape index (κ2) is 6.82. The van der Waals surface area contributed by atoms with Gasteiger partial charge in [0.15, 0.2) is 0 Å². The summed E-state index contributed by atoms with van der Waals surface area (Å²) in [4.78, 5) is 13.5. The summed E-state index contributed by atoms with van der Waals surface area (Å²) in [6.07, 6.45) is 0.355. The fourth-order valence-corrected chi connectivity index (χ4v) is 2.74. The molecule has 0 aromatic heterocycles. The Hall–Kier alpha value is -2.23. The monoisotopic (exact) mass is 393 g/mol. The Morgan fingerprint density at radius 2 is 1.73 bits per heavy atom. The SMILES string of the molecule is CC(C)(C)OC(=O)N1CC(OS(=O)(=O)C(F)(F)F)=CC1c1ccccc1. The van der Waals surface area contributed by atoms with Crippen molar-refractivity contribution in [1.29, 1.82) is 0 Å². The molecule has 0 fully saturated rings. The van der Waals surface area contributed by atoms with Crippen molar-refractivity contribution in [2.45, 2.75) is 37.9 Å². The number of alkyl halides is 3. The van der Waals surface area contributed by atoms with Crippen molar-refractivity contribution in [2.24, 2.45) is 0 Å². The average Bonchev–Trinajstić information content (AvgIpc) is 2.88. The molecule has 26 heavy (non-hydrogen) atoms. The first-order valence-corrected chi connectivity index (χ1v) is 8.97. The number of benzene rings is 1. The van der Waals surface area contributed by atoms with Gasteiger partial charge in [0.1, 0.15) is 11.4 Å². The van der Waals surface area contributed by atoms with E-state index in [9.17, 15) is 26.4 Å². The number of ether oxygens (including phenoxy) is 1. The summed E-state index contributed by atoms with van der Waals surface area (Å²) in [6, 6.07) is 7.58. The standard InChI is InChI=1S/C16H18F3NO5S/c1-15(2,3)24-14(21)20-10-12(25-26(22,23)16(17,18)19)9-13(20)11-7-5-4-6-8-11/h4-9,13H,10H2,1-3H3. The van der Waals surface area contributed by atoms with E-state index in [0.717, 1.165) is 11.0 Å². The van der Waals surface area contributed by atoms with E-state index in [0.29, 0.717) is 5.56 Å². The topological polar surface area (TPSA) is 72.9 Å². The van der Waals surface area contributed by atoms with Crippen LogP contribution in [0.4, 0.5) is 18.0 Å². The lowest BCUT2D eigenvalue weighted by Crippen LogP contribution is -2.37. The van der Waals surface area contributed by atoms with Crippen LogP contribution in [0.25, 0.3) is 0 Å². The molecule has 0 spiro atoms. The Labute approximate surface area is 149 Å². The van der Waals surface area contributed by atoms with Crippen molar-refractivity contribution >= 4 is 16.2 Å². The maximum atomic E-state index is 12.5. The summed E-state index contributed by atoms with van der Waals surface area (Å²) in [6.45, 7) is 4.44. The summed E-state index contributed by atoms with van der Waals surface area (Å²) in [5, 5.41) is 0. The van der Waals surface area contributed by atoms with Gasteiger partial charge in [-0.1, -0.05) is 30.3 Å². The minimum absolute atomic E-state index is 0.468. The third-order valence-electron chi connectivity index (χ3n) is 3.28. The Balaban J connectivity index is 2.32. The molecule has 1 heterocycles. The zero-order valence-electron chi connectivity index (χ0n) is 14.3.